The van der Waals surface area contributed by atoms with Crippen LogP contribution in [0.2, 0.25) is 0 Å². The highest BCUT2D eigenvalue weighted by molar-refractivity contribution is 7.99. The van der Waals surface area contributed by atoms with Crippen LogP contribution in [0.25, 0.3) is 0 Å². The van der Waals surface area contributed by atoms with Crippen molar-refractivity contribution in [2.45, 2.75) is 36.0 Å². The molecule has 0 aliphatic carbocycles. The number of benzene rings is 3. The lowest BCUT2D eigenvalue weighted by Gasteiger charge is -2.21. The predicted molar refractivity (Wildman–Crippen MR) is 105 cm³/mol. The maximum atomic E-state index is 5.55. The number of hydrogen-bond acceptors (Lipinski definition) is 2. The maximum Gasteiger partial charge on any atom is 0.119 e. The molecule has 0 N–H and O–H groups in total. The summed E-state index contributed by atoms with van der Waals surface area (Å²) in [6.45, 7) is 5.00. The molecular weight excluding hydrogens is 324 g/mol. The van der Waals surface area contributed by atoms with Gasteiger partial charge in [-0.2, -0.15) is 0 Å². The predicted octanol–water partition coefficient (Wildman–Crippen LogP) is 6.29. The Bertz CT molecular complexity index is 883. The fourth-order valence-electron chi connectivity index (χ4n) is 3.39. The summed E-state index contributed by atoms with van der Waals surface area (Å²) in [5.41, 5.74) is 5.58. The van der Waals surface area contributed by atoms with Gasteiger partial charge in [0, 0.05) is 15.7 Å². The molecule has 25 heavy (non-hydrogen) atoms. The summed E-state index contributed by atoms with van der Waals surface area (Å²) in [4.78, 5) is 2.78. The Hall–Kier alpha value is -2.19. The summed E-state index contributed by atoms with van der Waals surface area (Å²) < 4.78 is 5.55. The third-order valence-corrected chi connectivity index (χ3v) is 6.09. The van der Waals surface area contributed by atoms with Gasteiger partial charge < -0.3 is 4.74 Å². The molecular formula is C23H22OS. The summed E-state index contributed by atoms with van der Waals surface area (Å²) in [5, 5.41) is 0. The van der Waals surface area contributed by atoms with Crippen LogP contribution in [0.3, 0.4) is 0 Å². The zero-order valence-electron chi connectivity index (χ0n) is 14.7. The Kier molecular flexibility index (Phi) is 4.54. The van der Waals surface area contributed by atoms with Gasteiger partial charge >= 0.3 is 0 Å². The van der Waals surface area contributed by atoms with E-state index in [0.29, 0.717) is 12.5 Å². The first kappa shape index (κ1) is 16.3. The summed E-state index contributed by atoms with van der Waals surface area (Å²) in [7, 11) is 0. The average Bonchev–Trinajstić information content (AvgIpc) is 2.66. The highest BCUT2D eigenvalue weighted by Gasteiger charge is 2.17. The number of hydrogen-bond donors (Lipinski definition) is 0. The highest BCUT2D eigenvalue weighted by Crippen LogP contribution is 2.40. The first-order chi connectivity index (χ1) is 12.2. The molecule has 0 spiro atoms. The van der Waals surface area contributed by atoms with E-state index in [1.165, 1.54) is 32.0 Å². The molecule has 3 aromatic rings. The van der Waals surface area contributed by atoms with E-state index in [-0.39, 0.29) is 0 Å². The van der Waals surface area contributed by atoms with Crippen LogP contribution in [0.4, 0.5) is 0 Å². The van der Waals surface area contributed by atoms with Gasteiger partial charge in [0.15, 0.2) is 0 Å². The van der Waals surface area contributed by atoms with Gasteiger partial charge in [-0.05, 0) is 59.9 Å². The molecule has 0 saturated heterocycles. The second kappa shape index (κ2) is 6.97. The van der Waals surface area contributed by atoms with E-state index in [9.17, 15) is 0 Å². The molecule has 0 radical (unpaired) electrons. The molecule has 3 aromatic carbocycles. The van der Waals surface area contributed by atoms with Gasteiger partial charge in [-0.15, -0.1) is 0 Å². The molecule has 0 amide bonds. The summed E-state index contributed by atoms with van der Waals surface area (Å²) in [6.07, 6.45) is 1.03. The monoisotopic (exact) mass is 346 g/mol. The van der Waals surface area contributed by atoms with Crippen molar-refractivity contribution in [3.05, 3.63) is 89.0 Å². The van der Waals surface area contributed by atoms with Crippen molar-refractivity contribution in [1.82, 2.24) is 0 Å². The van der Waals surface area contributed by atoms with Crippen LogP contribution in [-0.2, 0) is 6.42 Å². The molecule has 0 fully saturated rings. The largest absolute Gasteiger partial charge is 0.494 e. The normalized spacial score (nSPS) is 13.7. The van der Waals surface area contributed by atoms with Crippen LogP contribution in [0, 0.1) is 0 Å². The van der Waals surface area contributed by atoms with Gasteiger partial charge in [0.05, 0.1) is 6.61 Å². The molecule has 1 aliphatic rings. The van der Waals surface area contributed by atoms with Gasteiger partial charge in [-0.3, -0.25) is 0 Å². The molecule has 0 aromatic heterocycles. The molecule has 4 rings (SSSR count). The topological polar surface area (TPSA) is 9.23 Å². The van der Waals surface area contributed by atoms with Gasteiger partial charge in [-0.1, -0.05) is 61.2 Å². The van der Waals surface area contributed by atoms with Crippen molar-refractivity contribution in [3.63, 3.8) is 0 Å². The second-order valence-corrected chi connectivity index (χ2v) is 7.56. The molecule has 1 nitrogen and oxygen atoms in total. The van der Waals surface area contributed by atoms with E-state index in [2.05, 4.69) is 73.7 Å². The number of rotatable bonds is 4. The lowest BCUT2D eigenvalue weighted by atomic mass is 9.91. The molecule has 1 aliphatic heterocycles. The van der Waals surface area contributed by atoms with Gasteiger partial charge in [0.1, 0.15) is 5.75 Å². The van der Waals surface area contributed by atoms with Crippen molar-refractivity contribution >= 4 is 11.8 Å². The number of ether oxygens (including phenoxy) is 1. The van der Waals surface area contributed by atoms with E-state index < -0.39 is 0 Å². The molecule has 1 atom stereocenters. The third-order valence-electron chi connectivity index (χ3n) is 4.85. The van der Waals surface area contributed by atoms with Gasteiger partial charge in [0.2, 0.25) is 0 Å². The van der Waals surface area contributed by atoms with Gasteiger partial charge in [0.25, 0.3) is 0 Å². The molecule has 1 unspecified atom stereocenters. The fraction of sp³-hybridized carbons (Fsp3) is 0.217. The first-order valence-electron chi connectivity index (χ1n) is 8.86. The Morgan fingerprint density at radius 3 is 2.40 bits per heavy atom. The van der Waals surface area contributed by atoms with Crippen LogP contribution in [0.15, 0.2) is 76.5 Å². The summed E-state index contributed by atoms with van der Waals surface area (Å²) in [6, 6.07) is 24.2. The summed E-state index contributed by atoms with van der Waals surface area (Å²) in [5.74, 6) is 1.32. The zero-order valence-corrected chi connectivity index (χ0v) is 15.5. The van der Waals surface area contributed by atoms with Crippen LogP contribution >= 0.6 is 11.8 Å². The van der Waals surface area contributed by atoms with Crippen molar-refractivity contribution in [2.24, 2.45) is 0 Å². The standard InChI is InChI=1S/C23H22OS/c1-3-24-21-11-8-17(9-12-21)16(2)18-10-13-23-20(14-18)15-19-6-4-5-7-22(19)25-23/h4-14,16H,3,15H2,1-2H3. The van der Waals surface area contributed by atoms with Crippen LogP contribution < -0.4 is 4.74 Å². The Balaban J connectivity index is 1.60. The molecule has 0 saturated carbocycles. The lowest BCUT2D eigenvalue weighted by Crippen LogP contribution is -2.03. The third kappa shape index (κ3) is 3.32. The van der Waals surface area contributed by atoms with E-state index in [1.807, 2.05) is 18.7 Å². The fourth-order valence-corrected chi connectivity index (χ4v) is 4.44. The minimum atomic E-state index is 0.378. The maximum absolute atomic E-state index is 5.55. The van der Waals surface area contributed by atoms with Crippen molar-refractivity contribution in [3.8, 4) is 5.75 Å². The van der Waals surface area contributed by atoms with E-state index in [4.69, 9.17) is 4.74 Å². The van der Waals surface area contributed by atoms with Crippen molar-refractivity contribution in [2.75, 3.05) is 6.61 Å². The molecule has 126 valence electrons. The highest BCUT2D eigenvalue weighted by atomic mass is 32.2. The van der Waals surface area contributed by atoms with Crippen LogP contribution in [-0.4, -0.2) is 6.61 Å². The van der Waals surface area contributed by atoms with Crippen molar-refractivity contribution in [1.29, 1.82) is 0 Å². The lowest BCUT2D eigenvalue weighted by molar-refractivity contribution is 0.340. The second-order valence-electron chi connectivity index (χ2n) is 6.48. The Labute approximate surface area is 154 Å². The minimum Gasteiger partial charge on any atom is -0.494 e. The zero-order chi connectivity index (χ0) is 17.2. The Morgan fingerprint density at radius 1 is 0.880 bits per heavy atom. The summed E-state index contributed by atoms with van der Waals surface area (Å²) >= 11 is 1.89. The minimum absolute atomic E-state index is 0.378. The van der Waals surface area contributed by atoms with Crippen LogP contribution in [0.5, 0.6) is 5.75 Å². The molecule has 2 heteroatoms. The molecule has 0 bridgehead atoms. The SMILES string of the molecule is CCOc1ccc(C(C)c2ccc3c(c2)Cc2ccccc2S3)cc1. The van der Waals surface area contributed by atoms with E-state index >= 15 is 0 Å². The van der Waals surface area contributed by atoms with Crippen molar-refractivity contribution < 1.29 is 4.74 Å². The average molecular weight is 346 g/mol. The van der Waals surface area contributed by atoms with Gasteiger partial charge in [-0.25, -0.2) is 0 Å². The first-order valence-corrected chi connectivity index (χ1v) is 9.67. The number of fused-ring (bicyclic) bond motifs is 2. The van der Waals surface area contributed by atoms with E-state index in [1.54, 1.807) is 0 Å². The Morgan fingerprint density at radius 2 is 1.60 bits per heavy atom. The van der Waals surface area contributed by atoms with Crippen LogP contribution in [0.1, 0.15) is 42.0 Å². The van der Waals surface area contributed by atoms with E-state index in [0.717, 1.165) is 12.2 Å². The quantitative estimate of drug-likeness (QED) is 0.429. The smallest absolute Gasteiger partial charge is 0.119 e. The molecule has 1 heterocycles.